The Kier molecular flexibility index (Phi) is 4.74. The number of nitrogens with one attached hydrogen (secondary N) is 1. The quantitative estimate of drug-likeness (QED) is 0.911. The number of rotatable bonds is 5. The lowest BCUT2D eigenvalue weighted by atomic mass is 9.99. The number of aryl methyl sites for hydroxylation is 1. The number of hydrogen-bond donors (Lipinski definition) is 1. The zero-order valence-electron chi connectivity index (χ0n) is 14.7. The lowest BCUT2D eigenvalue weighted by molar-refractivity contribution is 0.353. The summed E-state index contributed by atoms with van der Waals surface area (Å²) in [7, 11) is 3.34. The number of anilines is 2. The number of hydrogen-bond acceptors (Lipinski definition) is 6. The highest BCUT2D eigenvalue weighted by Gasteiger charge is 2.21. The second-order valence-electron chi connectivity index (χ2n) is 5.87. The summed E-state index contributed by atoms with van der Waals surface area (Å²) >= 11 is 0. The maximum atomic E-state index is 5.43. The van der Waals surface area contributed by atoms with Gasteiger partial charge in [-0.15, -0.1) is 0 Å². The maximum Gasteiger partial charge on any atom is 0.224 e. The van der Waals surface area contributed by atoms with Gasteiger partial charge in [0.2, 0.25) is 5.95 Å². The third-order valence-electron chi connectivity index (χ3n) is 4.22. The highest BCUT2D eigenvalue weighted by atomic mass is 16.5. The molecule has 6 heteroatoms. The van der Waals surface area contributed by atoms with E-state index < -0.39 is 0 Å². The molecule has 0 unspecified atom stereocenters. The van der Waals surface area contributed by atoms with E-state index in [0.29, 0.717) is 5.95 Å². The Morgan fingerprint density at radius 1 is 1.08 bits per heavy atom. The zero-order valence-corrected chi connectivity index (χ0v) is 14.7. The molecule has 2 heterocycles. The fraction of sp³-hybridized carbons (Fsp3) is 0.444. The standard InChI is InChI=1S/C18H24N4O2/c1-5-19-18-20-12(2)8-17(21-18)22-7-6-13-9-15(23-3)16(24-4)10-14(13)11-22/h8-10H,5-7,11H2,1-4H3,(H,19,20,21). The van der Waals surface area contributed by atoms with Gasteiger partial charge in [-0.25, -0.2) is 4.98 Å². The van der Waals surface area contributed by atoms with Gasteiger partial charge in [0.15, 0.2) is 11.5 Å². The summed E-state index contributed by atoms with van der Waals surface area (Å²) in [6, 6.07) is 6.19. The number of ether oxygens (including phenoxy) is 2. The Labute approximate surface area is 142 Å². The Balaban J connectivity index is 1.89. The summed E-state index contributed by atoms with van der Waals surface area (Å²) < 4.78 is 10.8. The van der Waals surface area contributed by atoms with Crippen LogP contribution >= 0.6 is 0 Å². The Morgan fingerprint density at radius 2 is 1.79 bits per heavy atom. The third kappa shape index (κ3) is 3.22. The monoisotopic (exact) mass is 328 g/mol. The number of aromatic nitrogens is 2. The molecule has 1 aromatic carbocycles. The summed E-state index contributed by atoms with van der Waals surface area (Å²) in [6.07, 6.45) is 0.954. The van der Waals surface area contributed by atoms with Crippen molar-refractivity contribution in [3.8, 4) is 11.5 Å². The number of benzene rings is 1. The average molecular weight is 328 g/mol. The maximum absolute atomic E-state index is 5.43. The van der Waals surface area contributed by atoms with Crippen LogP contribution in [0.15, 0.2) is 18.2 Å². The molecule has 1 aromatic heterocycles. The van der Waals surface area contributed by atoms with E-state index in [4.69, 9.17) is 9.47 Å². The van der Waals surface area contributed by atoms with Crippen molar-refractivity contribution in [3.05, 3.63) is 35.0 Å². The van der Waals surface area contributed by atoms with Crippen LogP contribution in [-0.4, -0.2) is 37.3 Å². The van der Waals surface area contributed by atoms with Crippen LogP contribution in [0.4, 0.5) is 11.8 Å². The average Bonchev–Trinajstić information content (AvgIpc) is 2.59. The van der Waals surface area contributed by atoms with Crippen LogP contribution in [0.25, 0.3) is 0 Å². The van der Waals surface area contributed by atoms with E-state index in [1.165, 1.54) is 11.1 Å². The van der Waals surface area contributed by atoms with Crippen molar-refractivity contribution in [3.63, 3.8) is 0 Å². The van der Waals surface area contributed by atoms with E-state index in [1.54, 1.807) is 14.2 Å². The molecule has 0 aliphatic carbocycles. The minimum absolute atomic E-state index is 0.686. The van der Waals surface area contributed by atoms with Crippen LogP contribution in [0.2, 0.25) is 0 Å². The molecule has 1 N–H and O–H groups in total. The molecule has 2 aromatic rings. The lowest BCUT2D eigenvalue weighted by Crippen LogP contribution is -2.31. The summed E-state index contributed by atoms with van der Waals surface area (Å²) in [5, 5.41) is 3.19. The SMILES string of the molecule is CCNc1nc(C)cc(N2CCc3cc(OC)c(OC)cc3C2)n1. The smallest absolute Gasteiger partial charge is 0.224 e. The molecule has 0 radical (unpaired) electrons. The van der Waals surface area contributed by atoms with Gasteiger partial charge < -0.3 is 19.7 Å². The second kappa shape index (κ2) is 6.95. The Bertz CT molecular complexity index is 733. The van der Waals surface area contributed by atoms with E-state index in [-0.39, 0.29) is 0 Å². The molecule has 0 saturated carbocycles. The largest absolute Gasteiger partial charge is 0.493 e. The van der Waals surface area contributed by atoms with E-state index in [1.807, 2.05) is 19.9 Å². The first-order chi connectivity index (χ1) is 11.6. The molecule has 0 bridgehead atoms. The van der Waals surface area contributed by atoms with Gasteiger partial charge in [0, 0.05) is 31.4 Å². The number of nitrogens with zero attached hydrogens (tertiary/aromatic N) is 3. The van der Waals surface area contributed by atoms with E-state index in [0.717, 1.165) is 49.1 Å². The van der Waals surface area contributed by atoms with Crippen molar-refractivity contribution in [2.75, 3.05) is 37.5 Å². The molecule has 24 heavy (non-hydrogen) atoms. The van der Waals surface area contributed by atoms with Crippen molar-refractivity contribution >= 4 is 11.8 Å². The van der Waals surface area contributed by atoms with Crippen molar-refractivity contribution in [1.82, 2.24) is 9.97 Å². The summed E-state index contributed by atoms with van der Waals surface area (Å²) in [5.41, 5.74) is 3.52. The zero-order chi connectivity index (χ0) is 17.1. The van der Waals surface area contributed by atoms with Crippen molar-refractivity contribution in [2.45, 2.75) is 26.8 Å². The van der Waals surface area contributed by atoms with Crippen molar-refractivity contribution < 1.29 is 9.47 Å². The molecule has 6 nitrogen and oxygen atoms in total. The van der Waals surface area contributed by atoms with Gasteiger partial charge in [-0.3, -0.25) is 0 Å². The minimum Gasteiger partial charge on any atom is -0.493 e. The first kappa shape index (κ1) is 16.4. The molecule has 1 aliphatic rings. The van der Waals surface area contributed by atoms with Crippen LogP contribution in [-0.2, 0) is 13.0 Å². The van der Waals surface area contributed by atoms with E-state index in [2.05, 4.69) is 32.3 Å². The molecule has 1 aliphatic heterocycles. The first-order valence-electron chi connectivity index (χ1n) is 8.23. The van der Waals surface area contributed by atoms with Crippen LogP contribution in [0.1, 0.15) is 23.7 Å². The van der Waals surface area contributed by atoms with Gasteiger partial charge in [0.1, 0.15) is 5.82 Å². The van der Waals surface area contributed by atoms with Gasteiger partial charge >= 0.3 is 0 Å². The molecule has 3 rings (SSSR count). The molecular formula is C18H24N4O2. The van der Waals surface area contributed by atoms with Crippen LogP contribution < -0.4 is 19.7 Å². The van der Waals surface area contributed by atoms with Crippen LogP contribution in [0.5, 0.6) is 11.5 Å². The summed E-state index contributed by atoms with van der Waals surface area (Å²) in [5.74, 6) is 3.20. The lowest BCUT2D eigenvalue weighted by Gasteiger charge is -2.30. The Hall–Kier alpha value is -2.50. The van der Waals surface area contributed by atoms with Gasteiger partial charge in [-0.1, -0.05) is 0 Å². The predicted molar refractivity (Wildman–Crippen MR) is 95.2 cm³/mol. The number of methoxy groups -OCH3 is 2. The highest BCUT2D eigenvalue weighted by molar-refractivity contribution is 5.53. The third-order valence-corrected chi connectivity index (χ3v) is 4.22. The van der Waals surface area contributed by atoms with Gasteiger partial charge in [0.25, 0.3) is 0 Å². The molecule has 0 saturated heterocycles. The fourth-order valence-corrected chi connectivity index (χ4v) is 3.03. The normalized spacial score (nSPS) is 13.4. The predicted octanol–water partition coefficient (Wildman–Crippen LogP) is 2.80. The van der Waals surface area contributed by atoms with Gasteiger partial charge in [-0.2, -0.15) is 4.98 Å². The second-order valence-corrected chi connectivity index (χ2v) is 5.87. The molecule has 0 spiro atoms. The molecular weight excluding hydrogens is 304 g/mol. The summed E-state index contributed by atoms with van der Waals surface area (Å²) in [4.78, 5) is 11.4. The first-order valence-corrected chi connectivity index (χ1v) is 8.23. The molecule has 0 amide bonds. The van der Waals surface area contributed by atoms with Gasteiger partial charge in [0.05, 0.1) is 14.2 Å². The minimum atomic E-state index is 0.686. The fourth-order valence-electron chi connectivity index (χ4n) is 3.03. The van der Waals surface area contributed by atoms with E-state index >= 15 is 0 Å². The van der Waals surface area contributed by atoms with Crippen molar-refractivity contribution in [1.29, 1.82) is 0 Å². The van der Waals surface area contributed by atoms with E-state index in [9.17, 15) is 0 Å². The van der Waals surface area contributed by atoms with Crippen LogP contribution in [0.3, 0.4) is 0 Å². The number of fused-ring (bicyclic) bond motifs is 1. The molecule has 128 valence electrons. The van der Waals surface area contributed by atoms with Crippen molar-refractivity contribution in [2.24, 2.45) is 0 Å². The molecule has 0 atom stereocenters. The van der Waals surface area contributed by atoms with Crippen LogP contribution in [0, 0.1) is 6.92 Å². The topological polar surface area (TPSA) is 59.5 Å². The highest BCUT2D eigenvalue weighted by Crippen LogP contribution is 2.34. The van der Waals surface area contributed by atoms with Gasteiger partial charge in [-0.05, 0) is 43.5 Å². The Morgan fingerprint density at radius 3 is 2.46 bits per heavy atom. The summed E-state index contributed by atoms with van der Waals surface area (Å²) in [6.45, 7) is 6.57. The molecule has 0 fully saturated rings.